The Hall–Kier alpha value is -1.56. The van der Waals surface area contributed by atoms with Crippen LogP contribution >= 0.6 is 11.8 Å². The van der Waals surface area contributed by atoms with Gasteiger partial charge in [-0.1, -0.05) is 0 Å². The molecule has 1 aliphatic rings. The lowest BCUT2D eigenvalue weighted by Gasteiger charge is -2.21. The maximum atomic E-state index is 11.7. The van der Waals surface area contributed by atoms with Crippen LogP contribution in [-0.2, 0) is 9.53 Å². The summed E-state index contributed by atoms with van der Waals surface area (Å²) in [5.74, 6) is 1.26. The van der Waals surface area contributed by atoms with Crippen LogP contribution in [0.5, 0.6) is 11.5 Å². The molecule has 0 fully saturated rings. The summed E-state index contributed by atoms with van der Waals surface area (Å²) in [6.45, 7) is 6.57. The highest BCUT2D eigenvalue weighted by atomic mass is 32.2. The Bertz CT molecular complexity index is 511. The molecule has 6 heteroatoms. The van der Waals surface area contributed by atoms with E-state index in [0.29, 0.717) is 30.4 Å². The Morgan fingerprint density at radius 2 is 1.90 bits per heavy atom. The van der Waals surface area contributed by atoms with Gasteiger partial charge in [0, 0.05) is 16.6 Å². The molecule has 0 amide bonds. The topological polar surface area (TPSA) is 70.8 Å². The van der Waals surface area contributed by atoms with Gasteiger partial charge in [0.1, 0.15) is 18.8 Å². The van der Waals surface area contributed by atoms with Crippen LogP contribution in [0.3, 0.4) is 0 Å². The fraction of sp³-hybridized carbons (Fsp3) is 0.500. The number of nitrogens with two attached hydrogens (primary N) is 1. The Morgan fingerprint density at radius 3 is 2.50 bits per heavy atom. The highest BCUT2D eigenvalue weighted by Gasteiger charge is 2.18. The second kappa shape index (κ2) is 5.83. The van der Waals surface area contributed by atoms with Gasteiger partial charge in [0.15, 0.2) is 11.5 Å². The van der Waals surface area contributed by atoms with E-state index in [2.05, 4.69) is 0 Å². The van der Waals surface area contributed by atoms with Crippen molar-refractivity contribution in [1.29, 1.82) is 0 Å². The molecule has 0 spiro atoms. The molecular weight excluding hydrogens is 278 g/mol. The van der Waals surface area contributed by atoms with Crippen LogP contribution in [0.2, 0.25) is 0 Å². The highest BCUT2D eigenvalue weighted by molar-refractivity contribution is 8.00. The number of rotatable bonds is 3. The monoisotopic (exact) mass is 297 g/mol. The predicted octanol–water partition coefficient (Wildman–Crippen LogP) is 2.47. The fourth-order valence-corrected chi connectivity index (χ4v) is 2.47. The summed E-state index contributed by atoms with van der Waals surface area (Å²) in [7, 11) is 0. The molecule has 110 valence electrons. The lowest BCUT2D eigenvalue weighted by atomic mass is 10.2. The third-order valence-electron chi connectivity index (χ3n) is 2.44. The minimum absolute atomic E-state index is 0.209. The number of hydrogen-bond donors (Lipinski definition) is 1. The zero-order chi connectivity index (χ0) is 14.8. The molecule has 2 rings (SSSR count). The number of ether oxygens (including phenoxy) is 3. The number of thioether (sulfide) groups is 1. The predicted molar refractivity (Wildman–Crippen MR) is 78.4 cm³/mol. The zero-order valence-electron chi connectivity index (χ0n) is 11.9. The summed E-state index contributed by atoms with van der Waals surface area (Å²) in [4.78, 5) is 12.5. The first-order valence-electron chi connectivity index (χ1n) is 6.39. The summed E-state index contributed by atoms with van der Waals surface area (Å²) in [5.41, 5.74) is 6.05. The van der Waals surface area contributed by atoms with Gasteiger partial charge in [0.25, 0.3) is 0 Å². The van der Waals surface area contributed by atoms with Crippen LogP contribution in [0.15, 0.2) is 17.0 Å². The number of fused-ring (bicyclic) bond motifs is 1. The van der Waals surface area contributed by atoms with Crippen molar-refractivity contribution in [2.75, 3.05) is 24.7 Å². The summed E-state index contributed by atoms with van der Waals surface area (Å²) in [6.07, 6.45) is 0. The average Bonchev–Trinajstić information content (AvgIpc) is 2.34. The van der Waals surface area contributed by atoms with Gasteiger partial charge in [0.2, 0.25) is 0 Å². The molecule has 1 heterocycles. The number of esters is 1. The Balaban J connectivity index is 2.01. The van der Waals surface area contributed by atoms with Gasteiger partial charge in [-0.05, 0) is 26.8 Å². The summed E-state index contributed by atoms with van der Waals surface area (Å²) in [6, 6.07) is 3.53. The number of carbonyl (C=O) groups excluding carboxylic acids is 1. The number of nitrogen functional groups attached to an aromatic ring is 1. The number of carbonyl (C=O) groups is 1. The summed E-state index contributed by atoms with van der Waals surface area (Å²) < 4.78 is 16.2. The van der Waals surface area contributed by atoms with Gasteiger partial charge in [-0.25, -0.2) is 0 Å². The van der Waals surface area contributed by atoms with Crippen molar-refractivity contribution < 1.29 is 19.0 Å². The van der Waals surface area contributed by atoms with Crippen molar-refractivity contribution in [2.24, 2.45) is 0 Å². The first kappa shape index (κ1) is 14.8. The van der Waals surface area contributed by atoms with Gasteiger partial charge in [-0.2, -0.15) is 0 Å². The molecule has 1 aromatic carbocycles. The molecule has 0 aromatic heterocycles. The average molecular weight is 297 g/mol. The van der Waals surface area contributed by atoms with Gasteiger partial charge < -0.3 is 19.9 Å². The molecule has 0 unspecified atom stereocenters. The molecule has 0 atom stereocenters. The van der Waals surface area contributed by atoms with Crippen molar-refractivity contribution >= 4 is 23.4 Å². The molecule has 0 saturated carbocycles. The third kappa shape index (κ3) is 3.96. The Morgan fingerprint density at radius 1 is 1.30 bits per heavy atom. The maximum Gasteiger partial charge on any atom is 0.316 e. The van der Waals surface area contributed by atoms with Gasteiger partial charge >= 0.3 is 5.97 Å². The van der Waals surface area contributed by atoms with E-state index in [9.17, 15) is 4.79 Å². The van der Waals surface area contributed by atoms with E-state index >= 15 is 0 Å². The quantitative estimate of drug-likeness (QED) is 0.525. The van der Waals surface area contributed by atoms with Gasteiger partial charge in [-0.3, -0.25) is 4.79 Å². The molecule has 2 N–H and O–H groups in total. The molecule has 1 aromatic rings. The Labute approximate surface area is 122 Å². The normalized spacial score (nSPS) is 13.9. The molecule has 1 aliphatic heterocycles. The first-order valence-corrected chi connectivity index (χ1v) is 7.37. The second-order valence-corrected chi connectivity index (χ2v) is 6.43. The molecule has 5 nitrogen and oxygen atoms in total. The fourth-order valence-electron chi connectivity index (χ4n) is 1.72. The van der Waals surface area contributed by atoms with E-state index in [1.165, 1.54) is 11.8 Å². The second-order valence-electron chi connectivity index (χ2n) is 5.41. The van der Waals surface area contributed by atoms with Crippen molar-refractivity contribution in [3.63, 3.8) is 0 Å². The van der Waals surface area contributed by atoms with Crippen LogP contribution in [0.1, 0.15) is 20.8 Å². The zero-order valence-corrected chi connectivity index (χ0v) is 12.7. The van der Waals surface area contributed by atoms with Gasteiger partial charge in [0.05, 0.1) is 5.75 Å². The van der Waals surface area contributed by atoms with Crippen molar-refractivity contribution in [3.8, 4) is 11.5 Å². The van der Waals surface area contributed by atoms with Crippen molar-refractivity contribution in [2.45, 2.75) is 31.3 Å². The molecule has 0 aliphatic carbocycles. The Kier molecular flexibility index (Phi) is 4.32. The first-order chi connectivity index (χ1) is 9.35. The van der Waals surface area contributed by atoms with E-state index in [0.717, 1.165) is 4.90 Å². The van der Waals surface area contributed by atoms with E-state index in [1.807, 2.05) is 20.8 Å². The van der Waals surface area contributed by atoms with Crippen LogP contribution in [0.25, 0.3) is 0 Å². The molecular formula is C14H19NO4S. The number of benzene rings is 1. The molecule has 20 heavy (non-hydrogen) atoms. The van der Waals surface area contributed by atoms with Crippen LogP contribution in [-0.4, -0.2) is 30.5 Å². The number of hydrogen-bond acceptors (Lipinski definition) is 6. The van der Waals surface area contributed by atoms with Crippen molar-refractivity contribution in [3.05, 3.63) is 12.1 Å². The maximum absolute atomic E-state index is 11.7. The lowest BCUT2D eigenvalue weighted by Crippen LogP contribution is -2.24. The lowest BCUT2D eigenvalue weighted by molar-refractivity contribution is -0.151. The molecule has 0 radical (unpaired) electrons. The van der Waals surface area contributed by atoms with Crippen LogP contribution < -0.4 is 15.2 Å². The standard InChI is InChI=1S/C14H19NO4S/c1-14(2,3)19-13(16)8-20-12-7-11-10(6-9(12)15)17-4-5-18-11/h6-7H,4-5,8,15H2,1-3H3. The smallest absolute Gasteiger partial charge is 0.316 e. The summed E-state index contributed by atoms with van der Waals surface area (Å²) in [5, 5.41) is 0. The minimum Gasteiger partial charge on any atom is -0.486 e. The van der Waals surface area contributed by atoms with Crippen LogP contribution in [0.4, 0.5) is 5.69 Å². The van der Waals surface area contributed by atoms with Crippen LogP contribution in [0, 0.1) is 0 Å². The van der Waals surface area contributed by atoms with Gasteiger partial charge in [-0.15, -0.1) is 11.8 Å². The largest absolute Gasteiger partial charge is 0.486 e. The highest BCUT2D eigenvalue weighted by Crippen LogP contribution is 2.38. The van der Waals surface area contributed by atoms with E-state index in [1.54, 1.807) is 12.1 Å². The minimum atomic E-state index is -0.476. The third-order valence-corrected chi connectivity index (χ3v) is 3.48. The SMILES string of the molecule is CC(C)(C)OC(=O)CSc1cc2c(cc1N)OCCO2. The van der Waals surface area contributed by atoms with Crippen molar-refractivity contribution in [1.82, 2.24) is 0 Å². The van der Waals surface area contributed by atoms with E-state index < -0.39 is 5.60 Å². The number of anilines is 1. The molecule has 0 saturated heterocycles. The molecule has 0 bridgehead atoms. The van der Waals surface area contributed by atoms with E-state index in [4.69, 9.17) is 19.9 Å². The summed E-state index contributed by atoms with van der Waals surface area (Å²) >= 11 is 1.33. The van der Waals surface area contributed by atoms with E-state index in [-0.39, 0.29) is 11.7 Å².